The van der Waals surface area contributed by atoms with Gasteiger partial charge in [-0.05, 0) is 128 Å². The number of aromatic nitrogens is 4. The number of ether oxygens (including phenoxy) is 6. The molecule has 2 fully saturated rings. The molecule has 6 aromatic rings. The van der Waals surface area contributed by atoms with E-state index in [4.69, 9.17) is 61.8 Å². The van der Waals surface area contributed by atoms with Crippen molar-refractivity contribution in [3.8, 4) is 23.0 Å². The number of amides is 2. The lowest BCUT2D eigenvalue weighted by Crippen LogP contribution is -2.50. The zero-order valence-electron chi connectivity index (χ0n) is 41.4. The summed E-state index contributed by atoms with van der Waals surface area (Å²) in [5, 5.41) is 21.0. The third kappa shape index (κ3) is 13.9. The number of benzene rings is 2. The normalized spacial score (nSPS) is 15.2. The predicted molar refractivity (Wildman–Crippen MR) is 277 cm³/mol. The first kappa shape index (κ1) is 53.0. The molecule has 0 atom stereocenters. The molecule has 0 spiro atoms. The van der Waals surface area contributed by atoms with Gasteiger partial charge < -0.3 is 43.3 Å². The number of para-hydroxylation sites is 2. The molecule has 0 radical (unpaired) electrons. The largest absolute Gasteiger partial charge is 0.486 e. The van der Waals surface area contributed by atoms with Crippen LogP contribution < -0.4 is 18.9 Å². The topological polar surface area (TPSA) is 197 Å². The van der Waals surface area contributed by atoms with E-state index in [2.05, 4.69) is 22.3 Å². The van der Waals surface area contributed by atoms with Gasteiger partial charge in [0.05, 0.1) is 25.6 Å². The molecule has 73 heavy (non-hydrogen) atoms. The molecule has 0 unspecified atom stereocenters. The third-order valence-corrected chi connectivity index (χ3v) is 14.2. The Balaban J connectivity index is 0.000000164. The van der Waals surface area contributed by atoms with E-state index in [-0.39, 0.29) is 29.6 Å². The van der Waals surface area contributed by atoms with Gasteiger partial charge in [-0.25, -0.2) is 19.1 Å². The highest BCUT2D eigenvalue weighted by Gasteiger charge is 2.38. The standard InChI is InChI=1S/C26H28ClN3O5S.C17H22ClN3O2S.C9H8O4/c1-26(2,3)35-25(32)29-14-16(15-29)20-13-17(7-8-18-9-10-22(27)36-18)30(28-20)24(31)19-5-4-6-21-23(19)34-12-11-33-21;1-17(2,3)23-16(22)21-9-11(10-21)14-8-12(19-20-14)4-5-13-6-7-15(18)24-13;10-9(11)6-2-1-3-7-8(6)13-5-4-12-7/h4-6,9-10,13,16H,7-8,11-12,14-15H2,1-3H3;6-8,11H,4-5,9-10H2,1-3H3,(H,19,20);1-3H,4-5H2,(H,10,11). The lowest BCUT2D eigenvalue weighted by molar-refractivity contribution is 0.00692. The molecule has 8 heterocycles. The van der Waals surface area contributed by atoms with Gasteiger partial charge in [-0.1, -0.05) is 35.3 Å². The van der Waals surface area contributed by atoms with Crippen molar-refractivity contribution < 1.29 is 52.7 Å². The molecule has 0 saturated carbocycles. The summed E-state index contributed by atoms with van der Waals surface area (Å²) in [4.78, 5) is 54.5. The van der Waals surface area contributed by atoms with Crippen LogP contribution in [0, 0.1) is 0 Å². The molecule has 2 amide bonds. The van der Waals surface area contributed by atoms with Gasteiger partial charge in [-0.15, -0.1) is 22.7 Å². The Morgan fingerprint density at radius 2 is 1.15 bits per heavy atom. The molecule has 0 bridgehead atoms. The summed E-state index contributed by atoms with van der Waals surface area (Å²) in [6, 6.07) is 22.1. The molecular weight excluding hydrogens is 1020 g/mol. The first-order valence-corrected chi connectivity index (χ1v) is 26.3. The molecule has 4 aliphatic rings. The lowest BCUT2D eigenvalue weighted by Gasteiger charge is -2.38. The van der Waals surface area contributed by atoms with Crippen molar-refractivity contribution >= 4 is 69.9 Å². The number of rotatable bonds is 10. The molecule has 4 aromatic heterocycles. The number of carbonyl (C=O) groups excluding carboxylic acids is 3. The number of thiophene rings is 2. The van der Waals surface area contributed by atoms with Gasteiger partial charge in [-0.2, -0.15) is 10.2 Å². The van der Waals surface area contributed by atoms with Crippen LogP contribution in [-0.4, -0.2) is 123 Å². The van der Waals surface area contributed by atoms with Crippen LogP contribution in [0.15, 0.2) is 72.8 Å². The van der Waals surface area contributed by atoms with Gasteiger partial charge in [0.1, 0.15) is 43.2 Å². The zero-order valence-corrected chi connectivity index (χ0v) is 44.6. The van der Waals surface area contributed by atoms with Crippen LogP contribution in [0.3, 0.4) is 0 Å². The van der Waals surface area contributed by atoms with Gasteiger partial charge >= 0.3 is 18.2 Å². The second-order valence-electron chi connectivity index (χ2n) is 19.6. The number of aromatic carboxylic acids is 1. The number of aryl methyl sites for hydroxylation is 4. The molecule has 17 nitrogen and oxygen atoms in total. The summed E-state index contributed by atoms with van der Waals surface area (Å²) in [5.74, 6) is 0.896. The second kappa shape index (κ2) is 22.9. The highest BCUT2D eigenvalue weighted by molar-refractivity contribution is 7.16. The van der Waals surface area contributed by atoms with E-state index >= 15 is 0 Å². The Hall–Kier alpha value is -6.28. The SMILES string of the molecule is CC(C)(C)OC(=O)N1CC(c2cc(CCc3ccc(Cl)s3)[nH]n2)C1.CC(C)(C)OC(=O)N1CC(c2cc(CCc3ccc(Cl)s3)n(C(=O)c3cccc4c3OCCO4)n2)C1.O=C(O)c1cccc2c1OCCO2. The van der Waals surface area contributed by atoms with Crippen molar-refractivity contribution in [2.24, 2.45) is 0 Å². The van der Waals surface area contributed by atoms with E-state index in [1.165, 1.54) is 27.0 Å². The molecule has 2 aromatic carbocycles. The maximum Gasteiger partial charge on any atom is 0.410 e. The fraction of sp³-hybridized carbons (Fsp3) is 0.423. The number of nitrogens with one attached hydrogen (secondary N) is 1. The summed E-state index contributed by atoms with van der Waals surface area (Å²) in [5.41, 5.74) is 3.28. The molecule has 2 N–H and O–H groups in total. The van der Waals surface area contributed by atoms with Gasteiger partial charge in [0.15, 0.2) is 23.0 Å². The van der Waals surface area contributed by atoms with Gasteiger partial charge in [0.25, 0.3) is 5.91 Å². The monoisotopic (exact) mass is 1080 g/mol. The van der Waals surface area contributed by atoms with E-state index < -0.39 is 17.2 Å². The average molecular weight is 1080 g/mol. The molecule has 10 rings (SSSR count). The van der Waals surface area contributed by atoms with E-state index in [0.29, 0.717) is 93.5 Å². The average Bonchev–Trinajstić information content (AvgIpc) is 4.14. The summed E-state index contributed by atoms with van der Waals surface area (Å²) in [7, 11) is 0. The van der Waals surface area contributed by atoms with Gasteiger partial charge in [0, 0.05) is 59.2 Å². The quantitative estimate of drug-likeness (QED) is 0.132. The van der Waals surface area contributed by atoms with Crippen LogP contribution in [-0.2, 0) is 35.2 Å². The number of hydrogen-bond donors (Lipinski definition) is 2. The van der Waals surface area contributed by atoms with Crippen LogP contribution in [0.1, 0.15) is 107 Å². The van der Waals surface area contributed by atoms with Crippen molar-refractivity contribution in [2.45, 2.75) is 90.3 Å². The molecule has 4 aliphatic heterocycles. The number of likely N-dealkylation sites (tertiary alicyclic amines) is 2. The number of carbonyl (C=O) groups is 4. The number of carboxylic acid groups (broad SMARTS) is 1. The Morgan fingerprint density at radius 1 is 0.658 bits per heavy atom. The van der Waals surface area contributed by atoms with Crippen molar-refractivity contribution in [1.29, 1.82) is 0 Å². The minimum Gasteiger partial charge on any atom is -0.486 e. The summed E-state index contributed by atoms with van der Waals surface area (Å²) in [6.07, 6.45) is 2.63. The van der Waals surface area contributed by atoms with E-state index in [0.717, 1.165) is 55.6 Å². The maximum atomic E-state index is 13.7. The Kier molecular flexibility index (Phi) is 16.6. The number of H-pyrrole nitrogens is 1. The molecule has 0 aliphatic carbocycles. The molecule has 2 saturated heterocycles. The summed E-state index contributed by atoms with van der Waals surface area (Å²) >= 11 is 15.2. The van der Waals surface area contributed by atoms with Crippen molar-refractivity contribution in [3.63, 3.8) is 0 Å². The van der Waals surface area contributed by atoms with Crippen LogP contribution in [0.25, 0.3) is 0 Å². The number of hydrogen-bond acceptors (Lipinski definition) is 14. The molecule has 388 valence electrons. The molecular formula is C52H58Cl2N6O11S2. The minimum atomic E-state index is -0.998. The van der Waals surface area contributed by atoms with Crippen LogP contribution >= 0.6 is 45.9 Å². The summed E-state index contributed by atoms with van der Waals surface area (Å²) < 4.78 is 35.7. The first-order chi connectivity index (χ1) is 34.8. The number of halogens is 2. The van der Waals surface area contributed by atoms with Crippen LogP contribution in [0.4, 0.5) is 9.59 Å². The molecule has 21 heteroatoms. The van der Waals surface area contributed by atoms with E-state index in [1.54, 1.807) is 51.5 Å². The highest BCUT2D eigenvalue weighted by atomic mass is 35.5. The predicted octanol–water partition coefficient (Wildman–Crippen LogP) is 10.6. The Morgan fingerprint density at radius 3 is 1.66 bits per heavy atom. The second-order valence-corrected chi connectivity index (χ2v) is 23.2. The fourth-order valence-electron chi connectivity index (χ4n) is 8.07. The first-order valence-electron chi connectivity index (χ1n) is 23.9. The third-order valence-electron chi connectivity index (χ3n) is 11.7. The van der Waals surface area contributed by atoms with Crippen molar-refractivity contribution in [1.82, 2.24) is 29.8 Å². The minimum absolute atomic E-state index is 0.0331. The van der Waals surface area contributed by atoms with Crippen molar-refractivity contribution in [2.75, 3.05) is 52.6 Å². The lowest BCUT2D eigenvalue weighted by atomic mass is 9.96. The van der Waals surface area contributed by atoms with Crippen molar-refractivity contribution in [3.05, 3.63) is 125 Å². The van der Waals surface area contributed by atoms with E-state index in [9.17, 15) is 19.2 Å². The van der Waals surface area contributed by atoms with Gasteiger partial charge in [0.2, 0.25) is 0 Å². The highest BCUT2D eigenvalue weighted by Crippen LogP contribution is 2.37. The van der Waals surface area contributed by atoms with Crippen LogP contribution in [0.2, 0.25) is 8.67 Å². The Labute approximate surface area is 441 Å². The number of carboxylic acids is 1. The number of nitrogens with zero attached hydrogens (tertiary/aromatic N) is 5. The van der Waals surface area contributed by atoms with Gasteiger partial charge in [-0.3, -0.25) is 9.89 Å². The zero-order chi connectivity index (χ0) is 52.0. The Bertz CT molecular complexity index is 2920. The fourth-order valence-corrected chi connectivity index (χ4v) is 10.2. The maximum absolute atomic E-state index is 13.7. The number of aromatic amines is 1. The van der Waals surface area contributed by atoms with Crippen LogP contribution in [0.5, 0.6) is 23.0 Å². The van der Waals surface area contributed by atoms with E-state index in [1.807, 2.05) is 65.8 Å². The smallest absolute Gasteiger partial charge is 0.410 e. The number of fused-ring (bicyclic) bond motifs is 2. The summed E-state index contributed by atoms with van der Waals surface area (Å²) in [6.45, 7) is 15.2.